The number of H-pyrrole nitrogens is 1. The minimum absolute atomic E-state index is 0.286. The molecule has 1 aliphatic heterocycles. The Morgan fingerprint density at radius 1 is 1.35 bits per heavy atom. The number of nitrogens with one attached hydrogen (secondary N) is 1. The van der Waals surface area contributed by atoms with Crippen molar-refractivity contribution in [3.63, 3.8) is 0 Å². The van der Waals surface area contributed by atoms with Crippen molar-refractivity contribution in [3.05, 3.63) is 59.2 Å². The molecule has 1 saturated heterocycles. The molecule has 1 aromatic carbocycles. The van der Waals surface area contributed by atoms with E-state index in [0.29, 0.717) is 18.2 Å². The maximum absolute atomic E-state index is 11.4. The number of likely N-dealkylation sites (tertiary alicyclic amines) is 1. The first-order valence-corrected chi connectivity index (χ1v) is 8.96. The molecule has 1 aliphatic rings. The van der Waals surface area contributed by atoms with E-state index in [1.807, 2.05) is 6.07 Å². The number of aromatic nitrogens is 3. The van der Waals surface area contributed by atoms with Gasteiger partial charge in [-0.1, -0.05) is 12.1 Å². The number of pyridine rings is 1. The van der Waals surface area contributed by atoms with Gasteiger partial charge in [-0.2, -0.15) is 0 Å². The fourth-order valence-corrected chi connectivity index (χ4v) is 3.78. The Balaban J connectivity index is 1.54. The smallest absolute Gasteiger partial charge is 0.337 e. The Bertz CT molecular complexity index is 950. The summed E-state index contributed by atoms with van der Waals surface area (Å²) >= 11 is 0. The number of carboxylic acid groups (broad SMARTS) is 1. The minimum Gasteiger partial charge on any atom is -0.478 e. The van der Waals surface area contributed by atoms with Crippen molar-refractivity contribution in [2.45, 2.75) is 32.2 Å². The van der Waals surface area contributed by atoms with Crippen molar-refractivity contribution in [3.8, 4) is 0 Å². The van der Waals surface area contributed by atoms with E-state index < -0.39 is 5.97 Å². The van der Waals surface area contributed by atoms with Crippen LogP contribution in [0.2, 0.25) is 0 Å². The Kier molecular flexibility index (Phi) is 4.42. The molecule has 3 heterocycles. The zero-order valence-corrected chi connectivity index (χ0v) is 14.8. The number of carboxylic acids is 1. The second-order valence-electron chi connectivity index (χ2n) is 6.97. The van der Waals surface area contributed by atoms with E-state index in [1.54, 1.807) is 18.3 Å². The topological polar surface area (TPSA) is 82.1 Å². The number of benzene rings is 1. The number of hydrogen-bond acceptors (Lipinski definition) is 4. The quantitative estimate of drug-likeness (QED) is 0.754. The van der Waals surface area contributed by atoms with Crippen LogP contribution in [0.1, 0.15) is 46.2 Å². The number of aromatic carboxylic acids is 1. The first-order chi connectivity index (χ1) is 12.6. The largest absolute Gasteiger partial charge is 0.478 e. The number of piperidine rings is 1. The van der Waals surface area contributed by atoms with Gasteiger partial charge in [-0.25, -0.2) is 9.78 Å². The summed E-state index contributed by atoms with van der Waals surface area (Å²) in [7, 11) is 0. The highest BCUT2D eigenvalue weighted by Gasteiger charge is 2.25. The second-order valence-corrected chi connectivity index (χ2v) is 6.97. The molecule has 1 unspecified atom stereocenters. The van der Waals surface area contributed by atoms with Crippen molar-refractivity contribution in [2.24, 2.45) is 0 Å². The summed E-state index contributed by atoms with van der Waals surface area (Å²) < 4.78 is 0. The molecule has 0 aliphatic carbocycles. The van der Waals surface area contributed by atoms with Gasteiger partial charge >= 0.3 is 5.97 Å². The van der Waals surface area contributed by atoms with E-state index in [0.717, 1.165) is 42.8 Å². The Labute approximate surface area is 151 Å². The van der Waals surface area contributed by atoms with Gasteiger partial charge in [-0.05, 0) is 50.1 Å². The second kappa shape index (κ2) is 6.88. The lowest BCUT2D eigenvalue weighted by Gasteiger charge is -2.31. The zero-order valence-electron chi connectivity index (χ0n) is 14.8. The van der Waals surface area contributed by atoms with Crippen LogP contribution in [0.4, 0.5) is 0 Å². The average Bonchev–Trinajstić information content (AvgIpc) is 3.08. The molecule has 2 N–H and O–H groups in total. The third-order valence-corrected chi connectivity index (χ3v) is 5.12. The van der Waals surface area contributed by atoms with Crippen LogP contribution in [0.5, 0.6) is 0 Å². The number of nitrogens with zero attached hydrogens (tertiary/aromatic N) is 3. The van der Waals surface area contributed by atoms with Crippen LogP contribution in [0.15, 0.2) is 36.5 Å². The van der Waals surface area contributed by atoms with E-state index in [-0.39, 0.29) is 5.56 Å². The van der Waals surface area contributed by atoms with Crippen molar-refractivity contribution >= 4 is 17.0 Å². The third-order valence-electron chi connectivity index (χ3n) is 5.12. The summed E-state index contributed by atoms with van der Waals surface area (Å²) in [5, 5.41) is 9.36. The number of aromatic amines is 1. The molecule has 6 nitrogen and oxygen atoms in total. The Hall–Kier alpha value is -2.73. The molecule has 0 bridgehead atoms. The van der Waals surface area contributed by atoms with E-state index in [9.17, 15) is 9.90 Å². The van der Waals surface area contributed by atoms with Crippen molar-refractivity contribution in [1.82, 2.24) is 19.9 Å². The maximum Gasteiger partial charge on any atom is 0.337 e. The van der Waals surface area contributed by atoms with Crippen LogP contribution in [-0.4, -0.2) is 44.0 Å². The number of rotatable bonds is 4. The van der Waals surface area contributed by atoms with Crippen LogP contribution in [0, 0.1) is 6.92 Å². The number of fused-ring (bicyclic) bond motifs is 1. The maximum atomic E-state index is 11.4. The number of carbonyl (C=O) groups is 1. The molecular formula is C20H22N4O2. The molecular weight excluding hydrogens is 328 g/mol. The van der Waals surface area contributed by atoms with Gasteiger partial charge in [0.2, 0.25) is 0 Å². The SMILES string of the molecule is Cc1cccc2[nH]c(C3CCCN(Cc4ncccc4C(=O)O)C3)nc12. The lowest BCUT2D eigenvalue weighted by atomic mass is 9.97. The first-order valence-electron chi connectivity index (χ1n) is 8.96. The van der Waals surface area contributed by atoms with Crippen LogP contribution in [-0.2, 0) is 6.54 Å². The van der Waals surface area contributed by atoms with Crippen LogP contribution >= 0.6 is 0 Å². The molecule has 6 heteroatoms. The first kappa shape index (κ1) is 16.7. The standard InChI is InChI=1S/C20H22N4O2/c1-13-5-2-8-16-18(13)23-19(22-16)14-6-4-10-24(11-14)12-17-15(20(25)26)7-3-9-21-17/h2-3,5,7-9,14H,4,6,10-12H2,1H3,(H,22,23)(H,25,26). The van der Waals surface area contributed by atoms with Crippen LogP contribution in [0.25, 0.3) is 11.0 Å². The molecule has 0 saturated carbocycles. The molecule has 26 heavy (non-hydrogen) atoms. The van der Waals surface area contributed by atoms with E-state index >= 15 is 0 Å². The average molecular weight is 350 g/mol. The van der Waals surface area contributed by atoms with E-state index in [2.05, 4.69) is 33.9 Å². The highest BCUT2D eigenvalue weighted by molar-refractivity contribution is 5.88. The van der Waals surface area contributed by atoms with Crippen molar-refractivity contribution in [1.29, 1.82) is 0 Å². The monoisotopic (exact) mass is 350 g/mol. The summed E-state index contributed by atoms with van der Waals surface area (Å²) in [5.41, 5.74) is 4.21. The summed E-state index contributed by atoms with van der Waals surface area (Å²) in [5.74, 6) is 0.431. The highest BCUT2D eigenvalue weighted by Crippen LogP contribution is 2.28. The van der Waals surface area contributed by atoms with Gasteiger partial charge in [0.15, 0.2) is 0 Å². The van der Waals surface area contributed by atoms with Gasteiger partial charge < -0.3 is 10.1 Å². The minimum atomic E-state index is -0.922. The summed E-state index contributed by atoms with van der Waals surface area (Å²) in [6.45, 7) is 4.44. The highest BCUT2D eigenvalue weighted by atomic mass is 16.4. The van der Waals surface area contributed by atoms with E-state index in [4.69, 9.17) is 4.98 Å². The van der Waals surface area contributed by atoms with E-state index in [1.165, 1.54) is 5.56 Å². The Morgan fingerprint density at radius 2 is 2.23 bits per heavy atom. The lowest BCUT2D eigenvalue weighted by Crippen LogP contribution is -2.35. The van der Waals surface area contributed by atoms with Gasteiger partial charge in [-0.15, -0.1) is 0 Å². The normalized spacial score (nSPS) is 18.3. The Morgan fingerprint density at radius 3 is 3.04 bits per heavy atom. The van der Waals surface area contributed by atoms with Crippen molar-refractivity contribution < 1.29 is 9.90 Å². The molecule has 134 valence electrons. The van der Waals surface area contributed by atoms with Gasteiger partial charge in [0, 0.05) is 25.2 Å². The van der Waals surface area contributed by atoms with Gasteiger partial charge in [-0.3, -0.25) is 9.88 Å². The predicted octanol–water partition coefficient (Wildman–Crippen LogP) is 3.34. The summed E-state index contributed by atoms with van der Waals surface area (Å²) in [4.78, 5) is 26.3. The fraction of sp³-hybridized carbons (Fsp3) is 0.350. The number of para-hydroxylation sites is 1. The predicted molar refractivity (Wildman–Crippen MR) is 99.3 cm³/mol. The number of imidazole rings is 1. The summed E-state index contributed by atoms with van der Waals surface area (Å²) in [6, 6.07) is 9.47. The molecule has 4 rings (SSSR count). The van der Waals surface area contributed by atoms with Crippen LogP contribution < -0.4 is 0 Å². The molecule has 1 atom stereocenters. The number of aryl methyl sites for hydroxylation is 1. The number of hydrogen-bond donors (Lipinski definition) is 2. The molecule has 0 spiro atoms. The molecule has 2 aromatic heterocycles. The molecule has 0 amide bonds. The molecule has 0 radical (unpaired) electrons. The van der Waals surface area contributed by atoms with Crippen molar-refractivity contribution in [2.75, 3.05) is 13.1 Å². The fourth-order valence-electron chi connectivity index (χ4n) is 3.78. The molecule has 1 fully saturated rings. The van der Waals surface area contributed by atoms with Gasteiger partial charge in [0.25, 0.3) is 0 Å². The summed E-state index contributed by atoms with van der Waals surface area (Å²) in [6.07, 6.45) is 3.81. The third kappa shape index (κ3) is 3.20. The zero-order chi connectivity index (χ0) is 18.1. The van der Waals surface area contributed by atoms with Crippen LogP contribution in [0.3, 0.4) is 0 Å². The lowest BCUT2D eigenvalue weighted by molar-refractivity contribution is 0.0693. The van der Waals surface area contributed by atoms with Gasteiger partial charge in [0.1, 0.15) is 5.82 Å². The van der Waals surface area contributed by atoms with Gasteiger partial charge in [0.05, 0.1) is 22.3 Å². The molecule has 3 aromatic rings.